The largest absolute Gasteiger partial charge is 0.491 e. The molecule has 7 nitrogen and oxygen atoms in total. The van der Waals surface area contributed by atoms with Gasteiger partial charge in [0.25, 0.3) is 0 Å². The predicted octanol–water partition coefficient (Wildman–Crippen LogP) is 3.46. The first kappa shape index (κ1) is 23.7. The van der Waals surface area contributed by atoms with Crippen LogP contribution in [0.4, 0.5) is 5.69 Å². The van der Waals surface area contributed by atoms with E-state index < -0.39 is 21.7 Å². The molecule has 0 unspecified atom stereocenters. The third-order valence-electron chi connectivity index (χ3n) is 3.88. The molecule has 0 bridgehead atoms. The van der Waals surface area contributed by atoms with Crippen LogP contribution in [0.25, 0.3) is 0 Å². The smallest absolute Gasteiger partial charge is 0.241 e. The highest BCUT2D eigenvalue weighted by molar-refractivity contribution is 7.93. The number of ether oxygens (including phenoxy) is 2. The number of benzene rings is 2. The van der Waals surface area contributed by atoms with Gasteiger partial charge in [0.15, 0.2) is 0 Å². The van der Waals surface area contributed by atoms with E-state index in [9.17, 15) is 13.2 Å². The number of carbonyl (C=O) groups is 1. The van der Waals surface area contributed by atoms with Gasteiger partial charge in [-0.25, -0.2) is 8.42 Å². The second-order valence-electron chi connectivity index (χ2n) is 7.51. The molecule has 2 N–H and O–H groups in total. The van der Waals surface area contributed by atoms with Crippen LogP contribution in [-0.4, -0.2) is 32.3 Å². The Morgan fingerprint density at radius 1 is 0.967 bits per heavy atom. The van der Waals surface area contributed by atoms with Crippen molar-refractivity contribution in [2.24, 2.45) is 0 Å². The van der Waals surface area contributed by atoms with E-state index in [2.05, 4.69) is 10.0 Å². The molecule has 0 saturated carbocycles. The van der Waals surface area contributed by atoms with Crippen LogP contribution >= 0.6 is 0 Å². The number of hydrogen-bond acceptors (Lipinski definition) is 5. The summed E-state index contributed by atoms with van der Waals surface area (Å²) in [5.74, 6) is -0.592. The van der Waals surface area contributed by atoms with Crippen LogP contribution in [-0.2, 0) is 32.7 Å². The average molecular weight is 435 g/mol. The van der Waals surface area contributed by atoms with E-state index in [1.54, 1.807) is 24.3 Å². The van der Waals surface area contributed by atoms with E-state index in [-0.39, 0.29) is 18.8 Å². The molecule has 0 aliphatic carbocycles. The number of rotatable bonds is 11. The van der Waals surface area contributed by atoms with Crippen LogP contribution in [0, 0.1) is 0 Å². The third kappa shape index (κ3) is 8.84. The second-order valence-corrected chi connectivity index (χ2v) is 9.23. The standard InChI is InChI=1S/C22H30N2O5S/c1-16(2)28-14-19-7-5-6-18(12-19)13-23-22(25)15-30(26,27)24-20-8-10-21(11-9-20)29-17(3)4/h5-12,16-17,24H,13-15H2,1-4H3,(H,23,25). The zero-order valence-electron chi connectivity index (χ0n) is 17.8. The zero-order valence-corrected chi connectivity index (χ0v) is 18.7. The van der Waals surface area contributed by atoms with Crippen LogP contribution in [0.5, 0.6) is 5.75 Å². The van der Waals surface area contributed by atoms with Crippen LogP contribution in [0.2, 0.25) is 0 Å². The second kappa shape index (κ2) is 11.0. The quantitative estimate of drug-likeness (QED) is 0.565. The maximum Gasteiger partial charge on any atom is 0.241 e. The molecule has 0 heterocycles. The Hall–Kier alpha value is -2.58. The first-order chi connectivity index (χ1) is 14.1. The summed E-state index contributed by atoms with van der Waals surface area (Å²) in [4.78, 5) is 12.1. The number of anilines is 1. The van der Waals surface area contributed by atoms with Crippen LogP contribution in [0.3, 0.4) is 0 Å². The zero-order chi connectivity index (χ0) is 22.1. The first-order valence-corrected chi connectivity index (χ1v) is 11.5. The summed E-state index contributed by atoms with van der Waals surface area (Å²) in [6, 6.07) is 14.2. The molecule has 0 spiro atoms. The summed E-state index contributed by atoms with van der Waals surface area (Å²) in [6.07, 6.45) is 0.157. The van der Waals surface area contributed by atoms with Crippen LogP contribution in [0.1, 0.15) is 38.8 Å². The van der Waals surface area contributed by atoms with Gasteiger partial charge >= 0.3 is 0 Å². The highest BCUT2D eigenvalue weighted by Crippen LogP contribution is 2.18. The number of amides is 1. The highest BCUT2D eigenvalue weighted by atomic mass is 32.2. The minimum Gasteiger partial charge on any atom is -0.491 e. The van der Waals surface area contributed by atoms with Gasteiger partial charge in [0, 0.05) is 12.2 Å². The first-order valence-electron chi connectivity index (χ1n) is 9.86. The molecule has 2 rings (SSSR count). The van der Waals surface area contributed by atoms with Gasteiger partial charge < -0.3 is 14.8 Å². The SMILES string of the molecule is CC(C)OCc1cccc(CNC(=O)CS(=O)(=O)Nc2ccc(OC(C)C)cc2)c1. The van der Waals surface area contributed by atoms with E-state index in [0.717, 1.165) is 11.1 Å². The fourth-order valence-corrected chi connectivity index (χ4v) is 3.62. The lowest BCUT2D eigenvalue weighted by Crippen LogP contribution is -2.32. The highest BCUT2D eigenvalue weighted by Gasteiger charge is 2.16. The van der Waals surface area contributed by atoms with Crippen molar-refractivity contribution in [3.05, 3.63) is 59.7 Å². The van der Waals surface area contributed by atoms with Crippen molar-refractivity contribution in [2.75, 3.05) is 10.5 Å². The van der Waals surface area contributed by atoms with Crippen LogP contribution < -0.4 is 14.8 Å². The molecule has 2 aromatic rings. The summed E-state index contributed by atoms with van der Waals surface area (Å²) >= 11 is 0. The van der Waals surface area contributed by atoms with E-state index in [0.29, 0.717) is 18.0 Å². The molecule has 0 aliphatic rings. The molecule has 0 atom stereocenters. The molecule has 1 amide bonds. The molecule has 164 valence electrons. The molecule has 0 fully saturated rings. The van der Waals surface area contributed by atoms with Crippen molar-refractivity contribution in [2.45, 2.75) is 53.1 Å². The molecule has 0 aromatic heterocycles. The lowest BCUT2D eigenvalue weighted by molar-refractivity contribution is -0.118. The van der Waals surface area contributed by atoms with E-state index in [1.807, 2.05) is 52.0 Å². The van der Waals surface area contributed by atoms with Crippen molar-refractivity contribution in [1.82, 2.24) is 5.32 Å². The molecular formula is C22H30N2O5S. The Morgan fingerprint density at radius 3 is 2.27 bits per heavy atom. The molecule has 8 heteroatoms. The lowest BCUT2D eigenvalue weighted by atomic mass is 10.1. The Balaban J connectivity index is 1.85. The number of hydrogen-bond donors (Lipinski definition) is 2. The van der Waals surface area contributed by atoms with Gasteiger partial charge in [-0.1, -0.05) is 24.3 Å². The van der Waals surface area contributed by atoms with E-state index in [4.69, 9.17) is 9.47 Å². The van der Waals surface area contributed by atoms with Crippen LogP contribution in [0.15, 0.2) is 48.5 Å². The van der Waals surface area contributed by atoms with Crippen molar-refractivity contribution in [3.63, 3.8) is 0 Å². The molecule has 0 saturated heterocycles. The minimum absolute atomic E-state index is 0.0275. The van der Waals surface area contributed by atoms with Crippen molar-refractivity contribution < 1.29 is 22.7 Å². The molecule has 0 radical (unpaired) electrons. The predicted molar refractivity (Wildman–Crippen MR) is 118 cm³/mol. The Bertz CT molecular complexity index is 925. The summed E-state index contributed by atoms with van der Waals surface area (Å²) in [5.41, 5.74) is 2.24. The fourth-order valence-electron chi connectivity index (χ4n) is 2.61. The number of sulfonamides is 1. The maximum atomic E-state index is 12.3. The molecule has 30 heavy (non-hydrogen) atoms. The van der Waals surface area contributed by atoms with Gasteiger partial charge in [0.1, 0.15) is 11.5 Å². The summed E-state index contributed by atoms with van der Waals surface area (Å²) in [6.45, 7) is 8.47. The van der Waals surface area contributed by atoms with Crippen molar-refractivity contribution in [3.8, 4) is 5.75 Å². The Morgan fingerprint density at radius 2 is 1.63 bits per heavy atom. The number of carbonyl (C=O) groups excluding carboxylic acids is 1. The monoisotopic (exact) mass is 434 g/mol. The maximum absolute atomic E-state index is 12.3. The Kier molecular flexibility index (Phi) is 8.68. The summed E-state index contributed by atoms with van der Waals surface area (Å²) in [5, 5.41) is 2.64. The van der Waals surface area contributed by atoms with Crippen molar-refractivity contribution in [1.29, 1.82) is 0 Å². The normalized spacial score (nSPS) is 11.5. The van der Waals surface area contributed by atoms with Gasteiger partial charge in [0.2, 0.25) is 15.9 Å². The molecule has 0 aliphatic heterocycles. The van der Waals surface area contributed by atoms with Gasteiger partial charge in [-0.3, -0.25) is 9.52 Å². The Labute approximate surface area is 178 Å². The van der Waals surface area contributed by atoms with Crippen molar-refractivity contribution >= 4 is 21.6 Å². The minimum atomic E-state index is -3.82. The average Bonchev–Trinajstić information content (AvgIpc) is 2.65. The number of nitrogens with one attached hydrogen (secondary N) is 2. The van der Waals surface area contributed by atoms with Gasteiger partial charge in [-0.05, 0) is 63.1 Å². The van der Waals surface area contributed by atoms with Gasteiger partial charge in [-0.2, -0.15) is 0 Å². The lowest BCUT2D eigenvalue weighted by Gasteiger charge is -2.12. The van der Waals surface area contributed by atoms with E-state index in [1.165, 1.54) is 0 Å². The summed E-state index contributed by atoms with van der Waals surface area (Å²) < 4.78 is 38.0. The topological polar surface area (TPSA) is 93.7 Å². The van der Waals surface area contributed by atoms with E-state index >= 15 is 0 Å². The third-order valence-corrected chi connectivity index (χ3v) is 5.07. The fraction of sp³-hybridized carbons (Fsp3) is 0.409. The van der Waals surface area contributed by atoms with Gasteiger partial charge in [0.05, 0.1) is 18.8 Å². The molecular weight excluding hydrogens is 404 g/mol. The summed E-state index contributed by atoms with van der Waals surface area (Å²) in [7, 11) is -3.82. The molecule has 2 aromatic carbocycles. The van der Waals surface area contributed by atoms with Gasteiger partial charge in [-0.15, -0.1) is 0 Å².